The Labute approximate surface area is 178 Å². The summed E-state index contributed by atoms with van der Waals surface area (Å²) in [7, 11) is 1.82. The van der Waals surface area contributed by atoms with Crippen LogP contribution in [0.5, 0.6) is 5.75 Å². The van der Waals surface area contributed by atoms with Crippen LogP contribution >= 0.6 is 0 Å². The number of carboxylic acids is 1. The van der Waals surface area contributed by atoms with Gasteiger partial charge in [0.1, 0.15) is 5.75 Å². The Balaban J connectivity index is 1.44. The lowest BCUT2D eigenvalue weighted by atomic mass is 9.96. The molecule has 2 aromatic carbocycles. The van der Waals surface area contributed by atoms with Crippen LogP contribution < -0.4 is 9.64 Å². The number of benzene rings is 2. The number of anilines is 1. The smallest absolute Gasteiger partial charge is 0.306 e. The van der Waals surface area contributed by atoms with Crippen LogP contribution in [0.15, 0.2) is 54.6 Å². The summed E-state index contributed by atoms with van der Waals surface area (Å²) in [4.78, 5) is 27.6. The maximum absolute atomic E-state index is 12.4. The van der Waals surface area contributed by atoms with Crippen LogP contribution in [0.3, 0.4) is 0 Å². The van der Waals surface area contributed by atoms with E-state index in [-0.39, 0.29) is 11.8 Å². The molecule has 1 saturated heterocycles. The normalized spacial score (nSPS) is 14.4. The van der Waals surface area contributed by atoms with Crippen molar-refractivity contribution in [1.29, 1.82) is 0 Å². The SMILES string of the molecule is CN(Cc1cccc(N2CCC(C(=O)O)CC2)c1)C(=O)CCCOc1ccccc1. The van der Waals surface area contributed by atoms with Gasteiger partial charge in [0.15, 0.2) is 0 Å². The minimum absolute atomic E-state index is 0.0966. The molecule has 0 bridgehead atoms. The summed E-state index contributed by atoms with van der Waals surface area (Å²) < 4.78 is 5.65. The van der Waals surface area contributed by atoms with Crippen molar-refractivity contribution >= 4 is 17.6 Å². The topological polar surface area (TPSA) is 70.1 Å². The van der Waals surface area contributed by atoms with Gasteiger partial charge in [0.05, 0.1) is 12.5 Å². The molecular weight excluding hydrogens is 380 g/mol. The Bertz CT molecular complexity index is 832. The molecule has 0 aliphatic carbocycles. The highest BCUT2D eigenvalue weighted by Crippen LogP contribution is 2.24. The van der Waals surface area contributed by atoms with E-state index in [4.69, 9.17) is 9.84 Å². The summed E-state index contributed by atoms with van der Waals surface area (Å²) in [5.41, 5.74) is 2.16. The first-order valence-corrected chi connectivity index (χ1v) is 10.5. The van der Waals surface area contributed by atoms with Crippen LogP contribution in [-0.4, -0.2) is 48.6 Å². The van der Waals surface area contributed by atoms with E-state index in [0.717, 1.165) is 30.1 Å². The Kier molecular flexibility index (Phi) is 7.71. The van der Waals surface area contributed by atoms with E-state index in [1.54, 1.807) is 4.90 Å². The fraction of sp³-hybridized carbons (Fsp3) is 0.417. The predicted octanol–water partition coefficient (Wildman–Crippen LogP) is 3.81. The summed E-state index contributed by atoms with van der Waals surface area (Å²) in [5.74, 6) is -0.0152. The number of carbonyl (C=O) groups excluding carboxylic acids is 1. The summed E-state index contributed by atoms with van der Waals surface area (Å²) >= 11 is 0. The number of ether oxygens (including phenoxy) is 1. The maximum atomic E-state index is 12.4. The second kappa shape index (κ2) is 10.7. The van der Waals surface area contributed by atoms with Gasteiger partial charge in [-0.3, -0.25) is 9.59 Å². The van der Waals surface area contributed by atoms with Gasteiger partial charge < -0.3 is 19.6 Å². The second-order valence-electron chi connectivity index (χ2n) is 7.78. The van der Waals surface area contributed by atoms with Crippen LogP contribution in [0.4, 0.5) is 5.69 Å². The highest BCUT2D eigenvalue weighted by Gasteiger charge is 2.24. The fourth-order valence-corrected chi connectivity index (χ4v) is 3.72. The third-order valence-corrected chi connectivity index (χ3v) is 5.51. The number of amides is 1. The van der Waals surface area contributed by atoms with Crippen molar-refractivity contribution in [3.63, 3.8) is 0 Å². The molecule has 0 unspecified atom stereocenters. The number of nitrogens with zero attached hydrogens (tertiary/aromatic N) is 2. The highest BCUT2D eigenvalue weighted by molar-refractivity contribution is 5.75. The maximum Gasteiger partial charge on any atom is 0.306 e. The molecular formula is C24H30N2O4. The van der Waals surface area contributed by atoms with Crippen molar-refractivity contribution < 1.29 is 19.4 Å². The van der Waals surface area contributed by atoms with Crippen molar-refractivity contribution in [1.82, 2.24) is 4.90 Å². The van der Waals surface area contributed by atoms with Gasteiger partial charge >= 0.3 is 5.97 Å². The number of rotatable bonds is 9. The monoisotopic (exact) mass is 410 g/mol. The van der Waals surface area contributed by atoms with E-state index in [1.165, 1.54) is 0 Å². The Morgan fingerprint density at radius 1 is 1.10 bits per heavy atom. The number of hydrogen-bond donors (Lipinski definition) is 1. The van der Waals surface area contributed by atoms with E-state index in [2.05, 4.69) is 11.0 Å². The van der Waals surface area contributed by atoms with Gasteiger partial charge in [-0.25, -0.2) is 0 Å². The van der Waals surface area contributed by atoms with Crippen molar-refractivity contribution in [2.45, 2.75) is 32.2 Å². The van der Waals surface area contributed by atoms with Crippen LogP contribution in [-0.2, 0) is 16.1 Å². The van der Waals surface area contributed by atoms with E-state index < -0.39 is 5.97 Å². The molecule has 0 radical (unpaired) electrons. The Morgan fingerprint density at radius 2 is 1.83 bits per heavy atom. The van der Waals surface area contributed by atoms with E-state index in [9.17, 15) is 9.59 Å². The van der Waals surface area contributed by atoms with Gasteiger partial charge in [-0.2, -0.15) is 0 Å². The zero-order chi connectivity index (χ0) is 21.3. The summed E-state index contributed by atoms with van der Waals surface area (Å²) in [6, 6.07) is 17.8. The lowest BCUT2D eigenvalue weighted by molar-refractivity contribution is -0.142. The lowest BCUT2D eigenvalue weighted by Gasteiger charge is -2.32. The largest absolute Gasteiger partial charge is 0.494 e. The molecule has 1 amide bonds. The number of aliphatic carboxylic acids is 1. The predicted molar refractivity (Wildman–Crippen MR) is 117 cm³/mol. The van der Waals surface area contributed by atoms with Crippen LogP contribution in [0.1, 0.15) is 31.2 Å². The number of hydrogen-bond acceptors (Lipinski definition) is 4. The lowest BCUT2D eigenvalue weighted by Crippen LogP contribution is -2.36. The number of carbonyl (C=O) groups is 2. The van der Waals surface area contributed by atoms with Gasteiger partial charge in [-0.05, 0) is 49.1 Å². The van der Waals surface area contributed by atoms with Gasteiger partial charge in [-0.15, -0.1) is 0 Å². The van der Waals surface area contributed by atoms with Gasteiger partial charge in [-0.1, -0.05) is 30.3 Å². The highest BCUT2D eigenvalue weighted by atomic mass is 16.5. The van der Waals surface area contributed by atoms with Crippen molar-refractivity contribution in [3.8, 4) is 5.75 Å². The van der Waals surface area contributed by atoms with Crippen LogP contribution in [0.2, 0.25) is 0 Å². The van der Waals surface area contributed by atoms with Crippen molar-refractivity contribution in [2.75, 3.05) is 31.6 Å². The molecule has 2 aromatic rings. The minimum Gasteiger partial charge on any atom is -0.494 e. The van der Waals surface area contributed by atoms with Gasteiger partial charge in [0.2, 0.25) is 5.91 Å². The molecule has 0 saturated carbocycles. The van der Waals surface area contributed by atoms with Gasteiger partial charge in [0.25, 0.3) is 0 Å². The zero-order valence-electron chi connectivity index (χ0n) is 17.5. The minimum atomic E-state index is -0.697. The van der Waals surface area contributed by atoms with Crippen LogP contribution in [0.25, 0.3) is 0 Å². The molecule has 0 spiro atoms. The van der Waals surface area contributed by atoms with Crippen molar-refractivity contribution in [3.05, 3.63) is 60.2 Å². The molecule has 6 nitrogen and oxygen atoms in total. The Hall–Kier alpha value is -3.02. The van der Waals surface area contributed by atoms with Crippen LogP contribution in [0, 0.1) is 5.92 Å². The third kappa shape index (κ3) is 6.24. The molecule has 6 heteroatoms. The zero-order valence-corrected chi connectivity index (χ0v) is 17.5. The molecule has 30 heavy (non-hydrogen) atoms. The number of para-hydroxylation sites is 1. The molecule has 1 aliphatic heterocycles. The molecule has 160 valence electrons. The van der Waals surface area contributed by atoms with E-state index in [1.807, 2.05) is 55.6 Å². The standard InChI is InChI=1S/C24H30N2O4/c1-25(23(27)11-6-16-30-22-9-3-2-4-10-22)18-19-7-5-8-21(17-19)26-14-12-20(13-15-26)24(28)29/h2-5,7-10,17,20H,6,11-16,18H2,1H3,(H,28,29). The number of piperidine rings is 1. The third-order valence-electron chi connectivity index (χ3n) is 5.51. The fourth-order valence-electron chi connectivity index (χ4n) is 3.72. The first kappa shape index (κ1) is 21.7. The molecule has 1 fully saturated rings. The molecule has 0 aromatic heterocycles. The summed E-state index contributed by atoms with van der Waals surface area (Å²) in [5, 5.41) is 9.16. The van der Waals surface area contributed by atoms with E-state index >= 15 is 0 Å². The molecule has 1 heterocycles. The second-order valence-corrected chi connectivity index (χ2v) is 7.78. The van der Waals surface area contributed by atoms with Crippen molar-refractivity contribution in [2.24, 2.45) is 5.92 Å². The molecule has 0 atom stereocenters. The average Bonchev–Trinajstić information content (AvgIpc) is 2.77. The quantitative estimate of drug-likeness (QED) is 0.637. The molecule has 3 rings (SSSR count). The summed E-state index contributed by atoms with van der Waals surface area (Å²) in [6.45, 7) is 2.57. The first-order valence-electron chi connectivity index (χ1n) is 10.5. The van der Waals surface area contributed by atoms with E-state index in [0.29, 0.717) is 38.8 Å². The molecule has 1 aliphatic rings. The number of carboxylic acid groups (broad SMARTS) is 1. The van der Waals surface area contributed by atoms with Gasteiger partial charge in [0, 0.05) is 38.8 Å². The summed E-state index contributed by atoms with van der Waals surface area (Å²) in [6.07, 6.45) is 2.47. The average molecular weight is 411 g/mol. The Morgan fingerprint density at radius 3 is 2.53 bits per heavy atom. The first-order chi connectivity index (χ1) is 14.5. The molecule has 1 N–H and O–H groups in total.